The number of rotatable bonds is 1. The van der Waals surface area contributed by atoms with E-state index in [4.69, 9.17) is 0 Å². The van der Waals surface area contributed by atoms with Crippen LogP contribution in [-0.4, -0.2) is 13.1 Å². The minimum atomic E-state index is 0.672. The highest BCUT2D eigenvalue weighted by Gasteiger charge is 2.37. The molecule has 16 heavy (non-hydrogen) atoms. The molecule has 1 heterocycles. The van der Waals surface area contributed by atoms with Crippen molar-refractivity contribution in [3.63, 3.8) is 0 Å². The van der Waals surface area contributed by atoms with E-state index < -0.39 is 0 Å². The Hall–Kier alpha value is -0.820. The molecule has 1 spiro atoms. The smallest absolute Gasteiger partial charge is 0.000829 e. The minimum absolute atomic E-state index is 0.672. The maximum Gasteiger partial charge on any atom is 0.000829 e. The molecule has 1 aliphatic heterocycles. The lowest BCUT2D eigenvalue weighted by molar-refractivity contribution is 0.199. The average Bonchev–Trinajstić information content (AvgIpc) is 2.80. The third kappa shape index (κ3) is 1.89. The molecule has 1 nitrogen and oxygen atoms in total. The number of hydrogen-bond donors (Lipinski definition) is 1. The van der Waals surface area contributed by atoms with Crippen LogP contribution in [0.15, 0.2) is 30.3 Å². The van der Waals surface area contributed by atoms with Crippen LogP contribution in [0.25, 0.3) is 0 Å². The molecule has 0 aromatic heterocycles. The van der Waals surface area contributed by atoms with E-state index in [0.717, 1.165) is 5.92 Å². The van der Waals surface area contributed by atoms with E-state index in [1.807, 2.05) is 0 Å². The summed E-state index contributed by atoms with van der Waals surface area (Å²) >= 11 is 0. The van der Waals surface area contributed by atoms with Crippen LogP contribution in [0.4, 0.5) is 0 Å². The van der Waals surface area contributed by atoms with Gasteiger partial charge in [-0.3, -0.25) is 0 Å². The molecule has 1 aliphatic carbocycles. The van der Waals surface area contributed by atoms with Gasteiger partial charge in [0.1, 0.15) is 0 Å². The molecule has 2 aliphatic rings. The van der Waals surface area contributed by atoms with Crippen LogP contribution >= 0.6 is 0 Å². The predicted molar refractivity (Wildman–Crippen MR) is 67.6 cm³/mol. The van der Waals surface area contributed by atoms with Gasteiger partial charge in [0.2, 0.25) is 0 Å². The highest BCUT2D eigenvalue weighted by molar-refractivity contribution is 5.20. The fourth-order valence-electron chi connectivity index (χ4n) is 3.51. The van der Waals surface area contributed by atoms with Crippen molar-refractivity contribution in [1.29, 1.82) is 0 Å². The fraction of sp³-hybridized carbons (Fsp3) is 0.600. The standard InChI is InChI=1S/C15H21N/c1-2-4-13(5-3-1)14-6-8-15(9-7-14)10-11-16-12-15/h1-5,14,16H,6-12H2. The van der Waals surface area contributed by atoms with Crippen molar-refractivity contribution in [2.45, 2.75) is 38.0 Å². The Morgan fingerprint density at radius 1 is 1.00 bits per heavy atom. The quantitative estimate of drug-likeness (QED) is 0.757. The molecule has 0 unspecified atom stereocenters. The molecule has 1 heteroatoms. The molecule has 0 bridgehead atoms. The maximum absolute atomic E-state index is 3.54. The van der Waals surface area contributed by atoms with Crippen molar-refractivity contribution in [2.24, 2.45) is 5.41 Å². The van der Waals surface area contributed by atoms with Crippen molar-refractivity contribution in [2.75, 3.05) is 13.1 Å². The Bertz CT molecular complexity index is 328. The van der Waals surface area contributed by atoms with Gasteiger partial charge in [0, 0.05) is 6.54 Å². The SMILES string of the molecule is c1ccc(C2CCC3(CCNC3)CC2)cc1. The van der Waals surface area contributed by atoms with Gasteiger partial charge in [-0.1, -0.05) is 30.3 Å². The molecule has 1 saturated carbocycles. The van der Waals surface area contributed by atoms with Crippen molar-refractivity contribution in [3.05, 3.63) is 35.9 Å². The van der Waals surface area contributed by atoms with Crippen LogP contribution in [0.2, 0.25) is 0 Å². The zero-order valence-electron chi connectivity index (χ0n) is 9.91. The molecule has 0 radical (unpaired) electrons. The molecule has 1 aromatic rings. The number of nitrogens with one attached hydrogen (secondary N) is 1. The predicted octanol–water partition coefficient (Wildman–Crippen LogP) is 3.32. The van der Waals surface area contributed by atoms with E-state index in [9.17, 15) is 0 Å². The monoisotopic (exact) mass is 215 g/mol. The normalized spacial score (nSPS) is 34.4. The van der Waals surface area contributed by atoms with Gasteiger partial charge in [0.05, 0.1) is 0 Å². The average molecular weight is 215 g/mol. The van der Waals surface area contributed by atoms with E-state index >= 15 is 0 Å². The Labute approximate surface area is 98.3 Å². The summed E-state index contributed by atoms with van der Waals surface area (Å²) in [7, 11) is 0. The van der Waals surface area contributed by atoms with Crippen LogP contribution in [0.3, 0.4) is 0 Å². The first-order valence-electron chi connectivity index (χ1n) is 6.64. The van der Waals surface area contributed by atoms with Gasteiger partial charge in [-0.2, -0.15) is 0 Å². The summed E-state index contributed by atoms with van der Waals surface area (Å²) in [5.74, 6) is 0.826. The summed E-state index contributed by atoms with van der Waals surface area (Å²) in [6, 6.07) is 11.1. The summed E-state index contributed by atoms with van der Waals surface area (Å²) in [5.41, 5.74) is 2.23. The van der Waals surface area contributed by atoms with Gasteiger partial charge < -0.3 is 5.32 Å². The minimum Gasteiger partial charge on any atom is -0.316 e. The van der Waals surface area contributed by atoms with Gasteiger partial charge in [0.15, 0.2) is 0 Å². The second-order valence-corrected chi connectivity index (χ2v) is 5.61. The topological polar surface area (TPSA) is 12.0 Å². The number of hydrogen-bond acceptors (Lipinski definition) is 1. The summed E-state index contributed by atoms with van der Waals surface area (Å²) < 4.78 is 0. The van der Waals surface area contributed by atoms with E-state index in [0.29, 0.717) is 5.41 Å². The zero-order chi connectivity index (χ0) is 10.8. The highest BCUT2D eigenvalue weighted by atomic mass is 14.9. The first kappa shape index (κ1) is 10.3. The lowest BCUT2D eigenvalue weighted by Gasteiger charge is -2.36. The van der Waals surface area contributed by atoms with E-state index in [2.05, 4.69) is 35.6 Å². The Kier molecular flexibility index (Phi) is 2.72. The van der Waals surface area contributed by atoms with Crippen LogP contribution in [-0.2, 0) is 0 Å². The molecule has 1 N–H and O–H groups in total. The molecule has 3 rings (SSSR count). The van der Waals surface area contributed by atoms with Crippen molar-refractivity contribution >= 4 is 0 Å². The molecular weight excluding hydrogens is 194 g/mol. The highest BCUT2D eigenvalue weighted by Crippen LogP contribution is 2.46. The Morgan fingerprint density at radius 3 is 2.38 bits per heavy atom. The van der Waals surface area contributed by atoms with Gasteiger partial charge >= 0.3 is 0 Å². The summed E-state index contributed by atoms with van der Waals surface area (Å²) in [6.45, 7) is 2.52. The summed E-state index contributed by atoms with van der Waals surface area (Å²) in [5, 5.41) is 3.54. The van der Waals surface area contributed by atoms with Crippen LogP contribution < -0.4 is 5.32 Å². The lowest BCUT2D eigenvalue weighted by Crippen LogP contribution is -2.29. The summed E-state index contributed by atoms with van der Waals surface area (Å²) in [6.07, 6.45) is 7.06. The van der Waals surface area contributed by atoms with Crippen molar-refractivity contribution in [1.82, 2.24) is 5.32 Å². The van der Waals surface area contributed by atoms with Gasteiger partial charge in [-0.05, 0) is 55.5 Å². The first-order valence-corrected chi connectivity index (χ1v) is 6.64. The van der Waals surface area contributed by atoms with E-state index in [1.165, 1.54) is 45.2 Å². The lowest BCUT2D eigenvalue weighted by atomic mass is 9.68. The zero-order valence-corrected chi connectivity index (χ0v) is 9.91. The second kappa shape index (κ2) is 4.21. The van der Waals surface area contributed by atoms with E-state index in [-0.39, 0.29) is 0 Å². The molecule has 0 atom stereocenters. The largest absolute Gasteiger partial charge is 0.316 e. The second-order valence-electron chi connectivity index (χ2n) is 5.61. The molecule has 2 fully saturated rings. The Balaban J connectivity index is 1.66. The van der Waals surface area contributed by atoms with E-state index in [1.54, 1.807) is 5.56 Å². The van der Waals surface area contributed by atoms with Gasteiger partial charge in [-0.25, -0.2) is 0 Å². The van der Waals surface area contributed by atoms with Crippen LogP contribution in [0, 0.1) is 5.41 Å². The number of benzene rings is 1. The summed E-state index contributed by atoms with van der Waals surface area (Å²) in [4.78, 5) is 0. The van der Waals surface area contributed by atoms with Crippen molar-refractivity contribution < 1.29 is 0 Å². The van der Waals surface area contributed by atoms with Crippen LogP contribution in [0.5, 0.6) is 0 Å². The van der Waals surface area contributed by atoms with Gasteiger partial charge in [0.25, 0.3) is 0 Å². The van der Waals surface area contributed by atoms with Crippen molar-refractivity contribution in [3.8, 4) is 0 Å². The van der Waals surface area contributed by atoms with Crippen LogP contribution in [0.1, 0.15) is 43.6 Å². The molecular formula is C15H21N. The third-order valence-corrected chi connectivity index (χ3v) is 4.65. The molecule has 1 aromatic carbocycles. The molecule has 86 valence electrons. The fourth-order valence-corrected chi connectivity index (χ4v) is 3.51. The molecule has 1 saturated heterocycles. The molecule has 0 amide bonds. The first-order chi connectivity index (χ1) is 7.88. The van der Waals surface area contributed by atoms with Gasteiger partial charge in [-0.15, -0.1) is 0 Å². The maximum atomic E-state index is 3.54. The Morgan fingerprint density at radius 2 is 1.75 bits per heavy atom. The third-order valence-electron chi connectivity index (χ3n) is 4.65.